The zero-order valence-electron chi connectivity index (χ0n) is 10.7. The van der Waals surface area contributed by atoms with Gasteiger partial charge in [-0.2, -0.15) is 0 Å². The molecule has 6 heteroatoms. The second-order valence-electron chi connectivity index (χ2n) is 5.56. The van der Waals surface area contributed by atoms with Crippen molar-refractivity contribution in [2.75, 3.05) is 38.7 Å². The number of piperidine rings is 1. The monoisotopic (exact) mass is 261 g/mol. The first-order valence-corrected chi connectivity index (χ1v) is 8.07. The number of nitrogens with zero attached hydrogens (tertiary/aromatic N) is 2. The number of sulfone groups is 1. The van der Waals surface area contributed by atoms with Gasteiger partial charge in [0, 0.05) is 24.7 Å². The minimum atomic E-state index is -2.91. The van der Waals surface area contributed by atoms with E-state index >= 15 is 0 Å². The summed E-state index contributed by atoms with van der Waals surface area (Å²) >= 11 is 0. The molecule has 17 heavy (non-hydrogen) atoms. The van der Waals surface area contributed by atoms with Crippen LogP contribution in [0, 0.1) is 0 Å². The van der Waals surface area contributed by atoms with Crippen molar-refractivity contribution in [1.29, 1.82) is 0 Å². The Morgan fingerprint density at radius 3 is 2.53 bits per heavy atom. The predicted octanol–water partition coefficient (Wildman–Crippen LogP) is -0.863. The average molecular weight is 261 g/mol. The van der Waals surface area contributed by atoms with E-state index in [1.54, 1.807) is 0 Å². The highest BCUT2D eigenvalue weighted by Gasteiger charge is 2.40. The fourth-order valence-electron chi connectivity index (χ4n) is 2.94. The molecule has 0 aromatic heterocycles. The van der Waals surface area contributed by atoms with Crippen LogP contribution in [0.15, 0.2) is 0 Å². The van der Waals surface area contributed by atoms with Crippen LogP contribution in [0.3, 0.4) is 0 Å². The maximum atomic E-state index is 11.6. The molecule has 0 radical (unpaired) electrons. The Hall–Kier alpha value is -0.170. The fraction of sp³-hybridized carbons (Fsp3) is 1.00. The van der Waals surface area contributed by atoms with Gasteiger partial charge in [-0.3, -0.25) is 4.90 Å². The lowest BCUT2D eigenvalue weighted by molar-refractivity contribution is 0.0986. The molecule has 0 spiro atoms. The van der Waals surface area contributed by atoms with Crippen LogP contribution in [-0.2, 0) is 9.84 Å². The van der Waals surface area contributed by atoms with Crippen molar-refractivity contribution in [3.05, 3.63) is 0 Å². The SMILES string of the molecule is CN(C)C1CCCN(C2CS(=O)(=O)CC2N)C1. The molecule has 0 aromatic carbocycles. The second-order valence-corrected chi connectivity index (χ2v) is 7.72. The molecule has 2 fully saturated rings. The van der Waals surface area contributed by atoms with E-state index in [-0.39, 0.29) is 23.6 Å². The van der Waals surface area contributed by atoms with Crippen molar-refractivity contribution in [3.8, 4) is 0 Å². The topological polar surface area (TPSA) is 66.6 Å². The standard InChI is InChI=1S/C11H23N3O2S/c1-13(2)9-4-3-5-14(6-9)11-8-17(15,16)7-10(11)12/h9-11H,3-8,12H2,1-2H3. The van der Waals surface area contributed by atoms with Crippen LogP contribution in [-0.4, -0.2) is 75.0 Å². The van der Waals surface area contributed by atoms with Gasteiger partial charge in [0.25, 0.3) is 0 Å². The van der Waals surface area contributed by atoms with Crippen molar-refractivity contribution in [1.82, 2.24) is 9.80 Å². The van der Waals surface area contributed by atoms with E-state index in [2.05, 4.69) is 23.9 Å². The first-order chi connectivity index (χ1) is 7.89. The number of likely N-dealkylation sites (tertiary alicyclic amines) is 1. The highest BCUT2D eigenvalue weighted by Crippen LogP contribution is 2.22. The lowest BCUT2D eigenvalue weighted by Crippen LogP contribution is -2.54. The van der Waals surface area contributed by atoms with E-state index in [1.807, 2.05) is 0 Å². The van der Waals surface area contributed by atoms with Crippen LogP contribution in [0.4, 0.5) is 0 Å². The molecule has 2 saturated heterocycles. The van der Waals surface area contributed by atoms with Gasteiger partial charge in [0.05, 0.1) is 11.5 Å². The minimum Gasteiger partial charge on any atom is -0.325 e. The third-order valence-electron chi connectivity index (χ3n) is 3.99. The number of nitrogens with two attached hydrogens (primary N) is 1. The van der Waals surface area contributed by atoms with Crippen molar-refractivity contribution in [2.24, 2.45) is 5.73 Å². The van der Waals surface area contributed by atoms with E-state index in [4.69, 9.17) is 5.73 Å². The molecule has 2 rings (SSSR count). The molecule has 5 nitrogen and oxygen atoms in total. The first kappa shape index (κ1) is 13.3. The molecule has 0 amide bonds. The third-order valence-corrected chi connectivity index (χ3v) is 5.73. The average Bonchev–Trinajstić information content (AvgIpc) is 2.52. The molecule has 0 aromatic rings. The predicted molar refractivity (Wildman–Crippen MR) is 68.7 cm³/mol. The summed E-state index contributed by atoms with van der Waals surface area (Å²) in [6.45, 7) is 1.93. The Labute approximate surface area is 104 Å². The van der Waals surface area contributed by atoms with Crippen molar-refractivity contribution in [2.45, 2.75) is 31.0 Å². The van der Waals surface area contributed by atoms with Gasteiger partial charge in [-0.15, -0.1) is 0 Å². The zero-order valence-corrected chi connectivity index (χ0v) is 11.5. The fourth-order valence-corrected chi connectivity index (χ4v) is 4.86. The van der Waals surface area contributed by atoms with Gasteiger partial charge in [0.15, 0.2) is 9.84 Å². The van der Waals surface area contributed by atoms with Gasteiger partial charge < -0.3 is 10.6 Å². The number of hydrogen-bond donors (Lipinski definition) is 1. The molecule has 0 bridgehead atoms. The Morgan fingerprint density at radius 2 is 2.00 bits per heavy atom. The van der Waals surface area contributed by atoms with Crippen LogP contribution in [0.5, 0.6) is 0 Å². The van der Waals surface area contributed by atoms with Crippen LogP contribution in [0.1, 0.15) is 12.8 Å². The van der Waals surface area contributed by atoms with Gasteiger partial charge in [0.2, 0.25) is 0 Å². The molecule has 2 aliphatic heterocycles. The quantitative estimate of drug-likeness (QED) is 0.700. The molecule has 2 aliphatic rings. The highest BCUT2D eigenvalue weighted by atomic mass is 32.2. The molecular formula is C11H23N3O2S. The Balaban J connectivity index is 2.03. The number of likely N-dealkylation sites (N-methyl/N-ethyl adjacent to an activating group) is 1. The normalized spacial score (nSPS) is 38.7. The minimum absolute atomic E-state index is 0.0303. The summed E-state index contributed by atoms with van der Waals surface area (Å²) in [5, 5.41) is 0. The third kappa shape index (κ3) is 2.99. The Kier molecular flexibility index (Phi) is 3.77. The van der Waals surface area contributed by atoms with Gasteiger partial charge in [-0.05, 0) is 33.5 Å². The van der Waals surface area contributed by atoms with Gasteiger partial charge in [-0.1, -0.05) is 0 Å². The first-order valence-electron chi connectivity index (χ1n) is 6.25. The number of rotatable bonds is 2. The summed E-state index contributed by atoms with van der Waals surface area (Å²) < 4.78 is 23.2. The molecular weight excluding hydrogens is 238 g/mol. The van der Waals surface area contributed by atoms with Crippen molar-refractivity contribution >= 4 is 9.84 Å². The van der Waals surface area contributed by atoms with E-state index in [0.29, 0.717) is 6.04 Å². The summed E-state index contributed by atoms with van der Waals surface area (Å²) in [5.41, 5.74) is 5.97. The smallest absolute Gasteiger partial charge is 0.153 e. The van der Waals surface area contributed by atoms with Crippen molar-refractivity contribution in [3.63, 3.8) is 0 Å². The van der Waals surface area contributed by atoms with Crippen molar-refractivity contribution < 1.29 is 8.42 Å². The maximum absolute atomic E-state index is 11.6. The molecule has 3 atom stereocenters. The molecule has 0 aliphatic carbocycles. The molecule has 0 saturated carbocycles. The summed E-state index contributed by atoms with van der Waals surface area (Å²) in [7, 11) is 1.25. The summed E-state index contributed by atoms with van der Waals surface area (Å²) in [5.74, 6) is 0.398. The molecule has 3 unspecified atom stereocenters. The maximum Gasteiger partial charge on any atom is 0.153 e. The zero-order chi connectivity index (χ0) is 12.6. The van der Waals surface area contributed by atoms with Crippen LogP contribution in [0.2, 0.25) is 0 Å². The van der Waals surface area contributed by atoms with E-state index < -0.39 is 9.84 Å². The summed E-state index contributed by atoms with van der Waals surface area (Å²) in [6, 6.07) is 0.350. The van der Waals surface area contributed by atoms with Crippen LogP contribution in [0.25, 0.3) is 0 Å². The van der Waals surface area contributed by atoms with Gasteiger partial charge >= 0.3 is 0 Å². The summed E-state index contributed by atoms with van der Waals surface area (Å²) in [6.07, 6.45) is 2.32. The molecule has 2 heterocycles. The van der Waals surface area contributed by atoms with E-state index in [1.165, 1.54) is 6.42 Å². The lowest BCUT2D eigenvalue weighted by Gasteiger charge is -2.40. The van der Waals surface area contributed by atoms with E-state index in [0.717, 1.165) is 19.5 Å². The lowest BCUT2D eigenvalue weighted by atomic mass is 10.0. The Bertz CT molecular complexity index is 369. The van der Waals surface area contributed by atoms with Gasteiger partial charge in [-0.25, -0.2) is 8.42 Å². The Morgan fingerprint density at radius 1 is 1.29 bits per heavy atom. The largest absolute Gasteiger partial charge is 0.325 e. The van der Waals surface area contributed by atoms with Crippen LogP contribution >= 0.6 is 0 Å². The van der Waals surface area contributed by atoms with E-state index in [9.17, 15) is 8.42 Å². The summed E-state index contributed by atoms with van der Waals surface area (Å²) in [4.78, 5) is 4.50. The molecule has 100 valence electrons. The van der Waals surface area contributed by atoms with Crippen LogP contribution < -0.4 is 5.73 Å². The van der Waals surface area contributed by atoms with Gasteiger partial charge in [0.1, 0.15) is 0 Å². The highest BCUT2D eigenvalue weighted by molar-refractivity contribution is 7.91. The number of hydrogen-bond acceptors (Lipinski definition) is 5. The molecule has 2 N–H and O–H groups in total. The second kappa shape index (κ2) is 4.84.